The molecule has 0 amide bonds. The van der Waals surface area contributed by atoms with E-state index in [-0.39, 0.29) is 11.5 Å². The summed E-state index contributed by atoms with van der Waals surface area (Å²) in [5, 5.41) is 0. The Kier molecular flexibility index (Phi) is 4.77. The normalized spacial score (nSPS) is 10.0. The molecule has 5 nitrogen and oxygen atoms in total. The Bertz CT molecular complexity index is 626. The van der Waals surface area contributed by atoms with Crippen LogP contribution >= 0.6 is 0 Å². The number of methoxy groups -OCH3 is 2. The van der Waals surface area contributed by atoms with Crippen molar-refractivity contribution in [2.24, 2.45) is 0 Å². The first-order valence-corrected chi connectivity index (χ1v) is 6.46. The lowest BCUT2D eigenvalue weighted by Gasteiger charge is -2.14. The Hall–Kier alpha value is -2.56. The number of benzene rings is 1. The summed E-state index contributed by atoms with van der Waals surface area (Å²) in [5.74, 6) is 0.844. The van der Waals surface area contributed by atoms with Gasteiger partial charge in [0.25, 0.3) is 0 Å². The van der Waals surface area contributed by atoms with E-state index in [2.05, 4.69) is 4.98 Å². The summed E-state index contributed by atoms with van der Waals surface area (Å²) < 4.78 is 16.1. The van der Waals surface area contributed by atoms with Crippen molar-refractivity contribution in [1.29, 1.82) is 0 Å². The Morgan fingerprint density at radius 1 is 1.14 bits per heavy atom. The highest BCUT2D eigenvalue weighted by molar-refractivity contribution is 5.95. The Morgan fingerprint density at radius 2 is 1.86 bits per heavy atom. The Labute approximate surface area is 123 Å². The van der Waals surface area contributed by atoms with Crippen LogP contribution in [0.1, 0.15) is 23.0 Å². The van der Waals surface area contributed by atoms with Gasteiger partial charge in [0.15, 0.2) is 23.0 Å². The summed E-state index contributed by atoms with van der Waals surface area (Å²) in [5.41, 5.74) is 1.19. The second kappa shape index (κ2) is 6.74. The lowest BCUT2D eigenvalue weighted by Crippen LogP contribution is -2.07. The molecule has 0 saturated carbocycles. The van der Waals surface area contributed by atoms with Crippen LogP contribution in [0.15, 0.2) is 36.4 Å². The number of ether oxygens (including phenoxy) is 3. The second-order valence-electron chi connectivity index (χ2n) is 4.38. The van der Waals surface area contributed by atoms with E-state index in [0.29, 0.717) is 24.0 Å². The molecule has 0 aliphatic carbocycles. The van der Waals surface area contributed by atoms with Crippen molar-refractivity contribution in [3.05, 3.63) is 47.7 Å². The fraction of sp³-hybridized carbons (Fsp3) is 0.250. The summed E-state index contributed by atoms with van der Waals surface area (Å²) in [4.78, 5) is 15.9. The van der Waals surface area contributed by atoms with Gasteiger partial charge in [0.1, 0.15) is 6.61 Å². The molecule has 1 aromatic heterocycles. The van der Waals surface area contributed by atoms with E-state index in [1.807, 2.05) is 30.3 Å². The molecule has 0 radical (unpaired) electrons. The highest BCUT2D eigenvalue weighted by Crippen LogP contribution is 2.34. The number of carbonyl (C=O) groups is 1. The topological polar surface area (TPSA) is 57.7 Å². The van der Waals surface area contributed by atoms with Gasteiger partial charge in [-0.2, -0.15) is 0 Å². The van der Waals surface area contributed by atoms with Crippen LogP contribution in [0, 0.1) is 0 Å². The highest BCUT2D eigenvalue weighted by atomic mass is 16.5. The molecule has 21 heavy (non-hydrogen) atoms. The zero-order chi connectivity index (χ0) is 15.2. The first-order chi connectivity index (χ1) is 10.2. The van der Waals surface area contributed by atoms with E-state index < -0.39 is 0 Å². The molecule has 2 aromatic rings. The van der Waals surface area contributed by atoms with Gasteiger partial charge in [0.05, 0.1) is 14.2 Å². The Balaban J connectivity index is 2.34. The van der Waals surface area contributed by atoms with E-state index in [0.717, 1.165) is 5.56 Å². The van der Waals surface area contributed by atoms with Crippen molar-refractivity contribution in [1.82, 2.24) is 4.98 Å². The smallest absolute Gasteiger partial charge is 0.217 e. The van der Waals surface area contributed by atoms with Crippen LogP contribution < -0.4 is 14.2 Å². The average Bonchev–Trinajstić information content (AvgIpc) is 2.52. The number of nitrogens with zero attached hydrogens (tertiary/aromatic N) is 1. The van der Waals surface area contributed by atoms with Crippen molar-refractivity contribution in [3.8, 4) is 17.4 Å². The quantitative estimate of drug-likeness (QED) is 0.765. The van der Waals surface area contributed by atoms with Crippen LogP contribution in [0.3, 0.4) is 0 Å². The Morgan fingerprint density at radius 3 is 2.43 bits per heavy atom. The number of rotatable bonds is 6. The number of aromatic nitrogens is 1. The first kappa shape index (κ1) is 14.8. The molecule has 2 rings (SSSR count). The minimum Gasteiger partial charge on any atom is -0.493 e. The maximum absolute atomic E-state index is 11.8. The summed E-state index contributed by atoms with van der Waals surface area (Å²) in [7, 11) is 2.99. The van der Waals surface area contributed by atoms with Gasteiger partial charge in [-0.3, -0.25) is 4.79 Å². The van der Waals surface area contributed by atoms with Crippen LogP contribution in [-0.2, 0) is 6.61 Å². The van der Waals surface area contributed by atoms with Crippen molar-refractivity contribution < 1.29 is 19.0 Å². The number of carbonyl (C=O) groups excluding carboxylic acids is 1. The van der Waals surface area contributed by atoms with Gasteiger partial charge in [0.2, 0.25) is 5.88 Å². The number of pyridine rings is 1. The lowest BCUT2D eigenvalue weighted by molar-refractivity contribution is 0.100. The molecule has 1 heterocycles. The zero-order valence-corrected chi connectivity index (χ0v) is 12.3. The van der Waals surface area contributed by atoms with E-state index in [1.54, 1.807) is 6.07 Å². The van der Waals surface area contributed by atoms with E-state index in [9.17, 15) is 4.79 Å². The maximum atomic E-state index is 11.8. The molecule has 1 aromatic carbocycles. The zero-order valence-electron chi connectivity index (χ0n) is 12.3. The third-order valence-corrected chi connectivity index (χ3v) is 2.90. The molecule has 0 saturated heterocycles. The monoisotopic (exact) mass is 287 g/mol. The molecule has 110 valence electrons. The molecule has 0 atom stereocenters. The average molecular weight is 287 g/mol. The van der Waals surface area contributed by atoms with Gasteiger partial charge in [-0.25, -0.2) is 4.98 Å². The third-order valence-electron chi connectivity index (χ3n) is 2.90. The van der Waals surface area contributed by atoms with E-state index in [4.69, 9.17) is 14.2 Å². The van der Waals surface area contributed by atoms with Crippen molar-refractivity contribution >= 4 is 5.78 Å². The summed E-state index contributed by atoms with van der Waals surface area (Å²) >= 11 is 0. The second-order valence-corrected chi connectivity index (χ2v) is 4.38. The molecule has 0 fully saturated rings. The SMILES string of the molecule is COc1cc(OC)c(OCc2ccccc2)c(C(C)=O)n1. The third kappa shape index (κ3) is 3.51. The van der Waals surface area contributed by atoms with Crippen LogP contribution in [-0.4, -0.2) is 25.0 Å². The van der Waals surface area contributed by atoms with Gasteiger partial charge in [-0.15, -0.1) is 0 Å². The molecule has 0 aliphatic heterocycles. The van der Waals surface area contributed by atoms with Crippen LogP contribution in [0.5, 0.6) is 17.4 Å². The summed E-state index contributed by atoms with van der Waals surface area (Å²) in [6.45, 7) is 1.75. The molecular weight excluding hydrogens is 270 g/mol. The first-order valence-electron chi connectivity index (χ1n) is 6.46. The number of ketones is 1. The van der Waals surface area contributed by atoms with Crippen molar-refractivity contribution in [2.75, 3.05) is 14.2 Å². The van der Waals surface area contributed by atoms with Crippen LogP contribution in [0.25, 0.3) is 0 Å². The number of hydrogen-bond acceptors (Lipinski definition) is 5. The number of Topliss-reactive ketones (excluding diaryl/α,β-unsaturated/α-hetero) is 1. The minimum atomic E-state index is -0.213. The molecule has 0 bridgehead atoms. The standard InChI is InChI=1S/C16H17NO4/c1-11(18)15-16(13(19-2)9-14(17-15)20-3)21-10-12-7-5-4-6-8-12/h4-9H,10H2,1-3H3. The highest BCUT2D eigenvalue weighted by Gasteiger charge is 2.19. The largest absolute Gasteiger partial charge is 0.493 e. The van der Waals surface area contributed by atoms with E-state index >= 15 is 0 Å². The molecule has 0 unspecified atom stereocenters. The van der Waals surface area contributed by atoms with Gasteiger partial charge in [0, 0.05) is 13.0 Å². The molecule has 5 heteroatoms. The van der Waals surface area contributed by atoms with Gasteiger partial charge in [-0.1, -0.05) is 30.3 Å². The lowest BCUT2D eigenvalue weighted by atomic mass is 10.2. The summed E-state index contributed by atoms with van der Waals surface area (Å²) in [6.07, 6.45) is 0. The molecular formula is C16H17NO4. The molecule has 0 aliphatic rings. The fourth-order valence-corrected chi connectivity index (χ4v) is 1.85. The number of hydrogen-bond donors (Lipinski definition) is 0. The van der Waals surface area contributed by atoms with Gasteiger partial charge < -0.3 is 14.2 Å². The van der Waals surface area contributed by atoms with Gasteiger partial charge in [-0.05, 0) is 5.56 Å². The predicted octanol–water partition coefficient (Wildman–Crippen LogP) is 2.88. The van der Waals surface area contributed by atoms with E-state index in [1.165, 1.54) is 21.1 Å². The van der Waals surface area contributed by atoms with Crippen LogP contribution in [0.2, 0.25) is 0 Å². The summed E-state index contributed by atoms with van der Waals surface area (Å²) in [6, 6.07) is 11.3. The maximum Gasteiger partial charge on any atom is 0.217 e. The molecule has 0 N–H and O–H groups in total. The van der Waals surface area contributed by atoms with Gasteiger partial charge >= 0.3 is 0 Å². The predicted molar refractivity (Wildman–Crippen MR) is 78.1 cm³/mol. The van der Waals surface area contributed by atoms with Crippen molar-refractivity contribution in [3.63, 3.8) is 0 Å². The van der Waals surface area contributed by atoms with Crippen molar-refractivity contribution in [2.45, 2.75) is 13.5 Å². The minimum absolute atomic E-state index is 0.196. The molecule has 0 spiro atoms. The fourth-order valence-electron chi connectivity index (χ4n) is 1.85. The van der Waals surface area contributed by atoms with Crippen LogP contribution in [0.4, 0.5) is 0 Å².